The van der Waals surface area contributed by atoms with Gasteiger partial charge in [-0.3, -0.25) is 4.79 Å². The van der Waals surface area contributed by atoms with E-state index in [-0.39, 0.29) is 11.6 Å². The molecule has 27 heavy (non-hydrogen) atoms. The molecule has 6 nitrogen and oxygen atoms in total. The molecule has 0 aliphatic rings. The van der Waals surface area contributed by atoms with Crippen molar-refractivity contribution in [2.24, 2.45) is 0 Å². The predicted molar refractivity (Wildman–Crippen MR) is 107 cm³/mol. The SMILES string of the molecule is CCOc1ccc(Nc2cnc(C(=O)Nc3cc(C)cc(C)c3)cn2)cc1. The summed E-state index contributed by atoms with van der Waals surface area (Å²) < 4.78 is 5.42. The van der Waals surface area contributed by atoms with Gasteiger partial charge in [0.05, 0.1) is 19.0 Å². The van der Waals surface area contributed by atoms with Crippen LogP contribution < -0.4 is 15.4 Å². The van der Waals surface area contributed by atoms with Gasteiger partial charge in [0, 0.05) is 11.4 Å². The number of amides is 1. The lowest BCUT2D eigenvalue weighted by Gasteiger charge is -2.09. The number of aryl methyl sites for hydroxylation is 2. The molecule has 0 radical (unpaired) electrons. The van der Waals surface area contributed by atoms with Crippen molar-refractivity contribution in [1.82, 2.24) is 9.97 Å². The maximum Gasteiger partial charge on any atom is 0.275 e. The number of nitrogens with one attached hydrogen (secondary N) is 2. The quantitative estimate of drug-likeness (QED) is 0.676. The summed E-state index contributed by atoms with van der Waals surface area (Å²) in [6.45, 7) is 6.55. The molecule has 0 saturated heterocycles. The van der Waals surface area contributed by atoms with E-state index in [2.05, 4.69) is 26.7 Å². The van der Waals surface area contributed by atoms with Gasteiger partial charge in [0.2, 0.25) is 0 Å². The number of hydrogen-bond acceptors (Lipinski definition) is 5. The minimum atomic E-state index is -0.292. The molecule has 3 rings (SSSR count). The molecule has 0 fully saturated rings. The number of ether oxygens (including phenoxy) is 1. The van der Waals surface area contributed by atoms with Crippen LogP contribution in [0.3, 0.4) is 0 Å². The second-order valence-corrected chi connectivity index (χ2v) is 6.20. The highest BCUT2D eigenvalue weighted by atomic mass is 16.5. The van der Waals surface area contributed by atoms with Gasteiger partial charge in [0.1, 0.15) is 17.3 Å². The van der Waals surface area contributed by atoms with E-state index in [1.807, 2.05) is 57.2 Å². The highest BCUT2D eigenvalue weighted by molar-refractivity contribution is 6.02. The molecule has 1 amide bonds. The van der Waals surface area contributed by atoms with Gasteiger partial charge in [-0.25, -0.2) is 9.97 Å². The van der Waals surface area contributed by atoms with Crippen LogP contribution in [0.5, 0.6) is 5.75 Å². The molecule has 1 heterocycles. The normalized spacial score (nSPS) is 10.3. The smallest absolute Gasteiger partial charge is 0.275 e. The van der Waals surface area contributed by atoms with Gasteiger partial charge in [-0.1, -0.05) is 6.07 Å². The molecule has 6 heteroatoms. The highest BCUT2D eigenvalue weighted by Crippen LogP contribution is 2.19. The molecule has 0 atom stereocenters. The van der Waals surface area contributed by atoms with Gasteiger partial charge in [0.15, 0.2) is 0 Å². The standard InChI is InChI=1S/C21H22N4O2/c1-4-27-18-7-5-16(6-8-18)24-20-13-22-19(12-23-20)21(26)25-17-10-14(2)9-15(3)11-17/h5-13H,4H2,1-3H3,(H,23,24)(H,25,26). The lowest BCUT2D eigenvalue weighted by molar-refractivity contribution is 0.102. The Balaban J connectivity index is 1.64. The minimum absolute atomic E-state index is 0.256. The lowest BCUT2D eigenvalue weighted by atomic mass is 10.1. The van der Waals surface area contributed by atoms with E-state index in [0.29, 0.717) is 12.4 Å². The number of aromatic nitrogens is 2. The molecule has 0 saturated carbocycles. The van der Waals surface area contributed by atoms with Crippen LogP contribution >= 0.6 is 0 Å². The third-order valence-corrected chi connectivity index (χ3v) is 3.80. The minimum Gasteiger partial charge on any atom is -0.494 e. The van der Waals surface area contributed by atoms with Crippen molar-refractivity contribution in [3.8, 4) is 5.75 Å². The molecule has 3 aromatic rings. The number of carbonyl (C=O) groups excluding carboxylic acids is 1. The van der Waals surface area contributed by atoms with Gasteiger partial charge in [-0.05, 0) is 68.3 Å². The zero-order valence-electron chi connectivity index (χ0n) is 15.6. The summed E-state index contributed by atoms with van der Waals surface area (Å²) in [5, 5.41) is 5.99. The van der Waals surface area contributed by atoms with E-state index >= 15 is 0 Å². The Bertz CT molecular complexity index is 902. The van der Waals surface area contributed by atoms with E-state index in [1.54, 1.807) is 0 Å². The molecular weight excluding hydrogens is 340 g/mol. The monoisotopic (exact) mass is 362 g/mol. The summed E-state index contributed by atoms with van der Waals surface area (Å²) in [6.07, 6.45) is 2.99. The first kappa shape index (κ1) is 18.4. The maximum atomic E-state index is 12.4. The Kier molecular flexibility index (Phi) is 5.66. The number of benzene rings is 2. The third-order valence-electron chi connectivity index (χ3n) is 3.80. The molecule has 0 aliphatic heterocycles. The van der Waals surface area contributed by atoms with Crippen molar-refractivity contribution in [2.45, 2.75) is 20.8 Å². The Hall–Kier alpha value is -3.41. The van der Waals surface area contributed by atoms with E-state index in [1.165, 1.54) is 12.4 Å². The van der Waals surface area contributed by atoms with E-state index in [4.69, 9.17) is 4.74 Å². The zero-order valence-corrected chi connectivity index (χ0v) is 15.6. The molecule has 138 valence electrons. The Morgan fingerprint density at radius 1 is 0.963 bits per heavy atom. The zero-order chi connectivity index (χ0) is 19.2. The summed E-state index contributed by atoms with van der Waals surface area (Å²) in [5.41, 5.74) is 4.04. The van der Waals surface area contributed by atoms with Crippen molar-refractivity contribution < 1.29 is 9.53 Å². The summed E-state index contributed by atoms with van der Waals surface area (Å²) in [4.78, 5) is 20.8. The van der Waals surface area contributed by atoms with Gasteiger partial charge >= 0.3 is 0 Å². The van der Waals surface area contributed by atoms with Crippen molar-refractivity contribution in [3.63, 3.8) is 0 Å². The van der Waals surface area contributed by atoms with Crippen LogP contribution in [-0.2, 0) is 0 Å². The van der Waals surface area contributed by atoms with Gasteiger partial charge < -0.3 is 15.4 Å². The van der Waals surface area contributed by atoms with Gasteiger partial charge in [-0.2, -0.15) is 0 Å². The molecule has 2 N–H and O–H groups in total. The van der Waals surface area contributed by atoms with Crippen LogP contribution in [0.25, 0.3) is 0 Å². The first-order chi connectivity index (χ1) is 13.0. The molecule has 0 aliphatic carbocycles. The van der Waals surface area contributed by atoms with Crippen molar-refractivity contribution in [2.75, 3.05) is 17.2 Å². The van der Waals surface area contributed by atoms with E-state index in [9.17, 15) is 4.79 Å². The topological polar surface area (TPSA) is 76.1 Å². The Morgan fingerprint density at radius 3 is 2.26 bits per heavy atom. The second-order valence-electron chi connectivity index (χ2n) is 6.20. The van der Waals surface area contributed by atoms with Crippen LogP contribution in [0, 0.1) is 13.8 Å². The van der Waals surface area contributed by atoms with Crippen LogP contribution in [0.1, 0.15) is 28.5 Å². The highest BCUT2D eigenvalue weighted by Gasteiger charge is 2.09. The first-order valence-corrected chi connectivity index (χ1v) is 8.75. The van der Waals surface area contributed by atoms with E-state index in [0.717, 1.165) is 28.3 Å². The van der Waals surface area contributed by atoms with Crippen LogP contribution in [-0.4, -0.2) is 22.5 Å². The third kappa shape index (κ3) is 5.04. The van der Waals surface area contributed by atoms with Crippen molar-refractivity contribution >= 4 is 23.1 Å². The summed E-state index contributed by atoms with van der Waals surface area (Å²) >= 11 is 0. The number of nitrogens with zero attached hydrogens (tertiary/aromatic N) is 2. The summed E-state index contributed by atoms with van der Waals surface area (Å²) in [6, 6.07) is 13.4. The average molecular weight is 362 g/mol. The molecule has 1 aromatic heterocycles. The molecule has 2 aromatic carbocycles. The van der Waals surface area contributed by atoms with Crippen LogP contribution in [0.4, 0.5) is 17.2 Å². The summed E-state index contributed by atoms with van der Waals surface area (Å²) in [7, 11) is 0. The van der Waals surface area contributed by atoms with Crippen molar-refractivity contribution in [1.29, 1.82) is 0 Å². The number of anilines is 3. The summed E-state index contributed by atoms with van der Waals surface area (Å²) in [5.74, 6) is 1.08. The van der Waals surface area contributed by atoms with Gasteiger partial charge in [-0.15, -0.1) is 0 Å². The first-order valence-electron chi connectivity index (χ1n) is 8.75. The number of carbonyl (C=O) groups is 1. The van der Waals surface area contributed by atoms with Crippen LogP contribution in [0.15, 0.2) is 54.9 Å². The van der Waals surface area contributed by atoms with E-state index < -0.39 is 0 Å². The average Bonchev–Trinajstić information content (AvgIpc) is 2.63. The molecule has 0 bridgehead atoms. The Morgan fingerprint density at radius 2 is 1.67 bits per heavy atom. The van der Waals surface area contributed by atoms with Gasteiger partial charge in [0.25, 0.3) is 5.91 Å². The maximum absolute atomic E-state index is 12.4. The lowest BCUT2D eigenvalue weighted by Crippen LogP contribution is -2.14. The second kappa shape index (κ2) is 8.31. The predicted octanol–water partition coefficient (Wildman–Crippen LogP) is 4.49. The fraction of sp³-hybridized carbons (Fsp3) is 0.190. The fourth-order valence-corrected chi connectivity index (χ4v) is 2.70. The van der Waals surface area contributed by atoms with Crippen molar-refractivity contribution in [3.05, 3.63) is 71.7 Å². The molecule has 0 spiro atoms. The fourth-order valence-electron chi connectivity index (χ4n) is 2.70. The molecular formula is C21H22N4O2. The largest absolute Gasteiger partial charge is 0.494 e. The number of rotatable bonds is 6. The van der Waals surface area contributed by atoms with Crippen LogP contribution in [0.2, 0.25) is 0 Å². The molecule has 0 unspecified atom stereocenters. The number of hydrogen-bond donors (Lipinski definition) is 2. The Labute approximate surface area is 158 Å².